The number of rotatable bonds is 6. The third kappa shape index (κ3) is 6.35. The second-order valence-electron chi connectivity index (χ2n) is 4.95. The highest BCUT2D eigenvalue weighted by Gasteiger charge is 2.38. The van der Waals surface area contributed by atoms with E-state index in [0.29, 0.717) is 0 Å². The first-order chi connectivity index (χ1) is 7.44. The summed E-state index contributed by atoms with van der Waals surface area (Å²) in [6.45, 7) is 6.88. The van der Waals surface area contributed by atoms with Crippen LogP contribution in [0.5, 0.6) is 0 Å². The van der Waals surface area contributed by atoms with Gasteiger partial charge in [-0.15, -0.1) is 0 Å². The van der Waals surface area contributed by atoms with Gasteiger partial charge in [-0.2, -0.15) is 0 Å². The van der Waals surface area contributed by atoms with Crippen LogP contribution in [0.3, 0.4) is 0 Å². The predicted octanol–water partition coefficient (Wildman–Crippen LogP) is 0.573. The van der Waals surface area contributed by atoms with Crippen molar-refractivity contribution in [2.45, 2.75) is 58.9 Å². The van der Waals surface area contributed by atoms with E-state index in [4.69, 9.17) is 4.84 Å². The molecule has 100 valence electrons. The molecule has 0 heterocycles. The summed E-state index contributed by atoms with van der Waals surface area (Å²) in [7, 11) is 0. The summed E-state index contributed by atoms with van der Waals surface area (Å²) in [6, 6.07) is 0. The van der Waals surface area contributed by atoms with E-state index in [1.54, 1.807) is 0 Å². The lowest BCUT2D eigenvalue weighted by molar-refractivity contribution is -0.346. The summed E-state index contributed by atoms with van der Waals surface area (Å²) < 4.78 is 0. The van der Waals surface area contributed by atoms with E-state index in [0.717, 1.165) is 5.06 Å². The van der Waals surface area contributed by atoms with Gasteiger partial charge in [0.15, 0.2) is 0 Å². The smallest absolute Gasteiger partial charge is 0.325 e. The van der Waals surface area contributed by atoms with Gasteiger partial charge in [0, 0.05) is 6.42 Å². The number of Topliss-reactive ketones (excluding diaryl/α,β-unsaturated/α-hetero) is 1. The number of carbonyl (C=O) groups excluding carboxylic acids is 2. The number of carbonyl (C=O) groups is 2. The molecule has 0 rings (SSSR count). The molecule has 0 atom stereocenters. The monoisotopic (exact) mass is 247 g/mol. The number of hydrogen-bond acceptors (Lipinski definition) is 6. The second kappa shape index (κ2) is 5.57. The summed E-state index contributed by atoms with van der Waals surface area (Å²) in [5, 5.41) is 20.3. The molecule has 0 spiro atoms. The minimum absolute atomic E-state index is 0.0738. The van der Waals surface area contributed by atoms with Crippen LogP contribution in [-0.4, -0.2) is 38.5 Å². The highest BCUT2D eigenvalue weighted by Crippen LogP contribution is 2.22. The van der Waals surface area contributed by atoms with Crippen molar-refractivity contribution in [1.29, 1.82) is 0 Å². The molecule has 17 heavy (non-hydrogen) atoms. The van der Waals surface area contributed by atoms with E-state index in [9.17, 15) is 19.8 Å². The van der Waals surface area contributed by atoms with Crippen LogP contribution in [0.1, 0.15) is 47.5 Å². The molecule has 6 heteroatoms. The molecule has 0 amide bonds. The fraction of sp³-hybridized carbons (Fsp3) is 0.818. The van der Waals surface area contributed by atoms with Crippen molar-refractivity contribution in [3.05, 3.63) is 0 Å². The van der Waals surface area contributed by atoms with Crippen molar-refractivity contribution in [2.24, 2.45) is 0 Å². The highest BCUT2D eigenvalue weighted by atomic mass is 16.7. The molecule has 0 aliphatic rings. The zero-order valence-electron chi connectivity index (χ0n) is 11.0. The number of hydroxylamine groups is 2. The molecular formula is C11H21NO5. The van der Waals surface area contributed by atoms with Gasteiger partial charge in [0.25, 0.3) is 0 Å². The van der Waals surface area contributed by atoms with Crippen LogP contribution in [0.4, 0.5) is 0 Å². The Morgan fingerprint density at radius 3 is 1.76 bits per heavy atom. The molecule has 6 nitrogen and oxygen atoms in total. The first kappa shape index (κ1) is 16.0. The van der Waals surface area contributed by atoms with Crippen molar-refractivity contribution in [2.75, 3.05) is 0 Å². The molecule has 0 saturated carbocycles. The van der Waals surface area contributed by atoms with Gasteiger partial charge in [-0.1, -0.05) is 5.06 Å². The van der Waals surface area contributed by atoms with Gasteiger partial charge >= 0.3 is 5.97 Å². The zero-order chi connectivity index (χ0) is 13.9. The fourth-order valence-corrected chi connectivity index (χ4v) is 1.32. The Morgan fingerprint density at radius 1 is 1.06 bits per heavy atom. The SMILES string of the molecule is CC(=O)CCC(=O)ON(C(C)(C)O)C(C)(C)O. The van der Waals surface area contributed by atoms with Crippen molar-refractivity contribution in [3.63, 3.8) is 0 Å². The van der Waals surface area contributed by atoms with Crippen molar-refractivity contribution in [3.8, 4) is 0 Å². The Labute approximate surface area is 101 Å². The summed E-state index contributed by atoms with van der Waals surface area (Å²) in [5.74, 6) is -0.801. The first-order valence-corrected chi connectivity index (χ1v) is 5.40. The molecule has 0 aliphatic carbocycles. The minimum atomic E-state index is -1.52. The van der Waals surface area contributed by atoms with Gasteiger partial charge in [0.1, 0.15) is 17.2 Å². The molecule has 0 aromatic carbocycles. The number of ketones is 1. The summed E-state index contributed by atoms with van der Waals surface area (Å²) in [6.07, 6.45) is -0.0115. The standard InChI is InChI=1S/C11H21NO5/c1-8(13)6-7-9(14)17-12(10(2,3)15)11(4,5)16/h15-16H,6-7H2,1-5H3. The van der Waals surface area contributed by atoms with E-state index in [-0.39, 0.29) is 18.6 Å². The van der Waals surface area contributed by atoms with Crippen molar-refractivity contribution >= 4 is 11.8 Å². The van der Waals surface area contributed by atoms with Crippen LogP contribution < -0.4 is 0 Å². The number of nitrogens with zero attached hydrogens (tertiary/aromatic N) is 1. The molecule has 0 saturated heterocycles. The summed E-state index contributed by atoms with van der Waals surface area (Å²) in [4.78, 5) is 27.0. The van der Waals surface area contributed by atoms with Crippen LogP contribution in [-0.2, 0) is 14.4 Å². The van der Waals surface area contributed by atoms with Gasteiger partial charge in [0.2, 0.25) is 0 Å². The van der Waals surface area contributed by atoms with E-state index in [1.165, 1.54) is 34.6 Å². The number of aliphatic hydroxyl groups is 2. The summed E-state index contributed by atoms with van der Waals surface area (Å²) >= 11 is 0. The summed E-state index contributed by atoms with van der Waals surface area (Å²) in [5.41, 5.74) is -3.05. The van der Waals surface area contributed by atoms with E-state index >= 15 is 0 Å². The minimum Gasteiger partial charge on any atom is -0.373 e. The maximum Gasteiger partial charge on any atom is 0.325 e. The van der Waals surface area contributed by atoms with Gasteiger partial charge in [0.05, 0.1) is 6.42 Å². The predicted molar refractivity (Wildman–Crippen MR) is 60.4 cm³/mol. The lowest BCUT2D eigenvalue weighted by Crippen LogP contribution is -2.56. The maximum absolute atomic E-state index is 11.4. The molecule has 0 bridgehead atoms. The first-order valence-electron chi connectivity index (χ1n) is 5.40. The zero-order valence-corrected chi connectivity index (χ0v) is 11.0. The lowest BCUT2D eigenvalue weighted by atomic mass is 10.2. The van der Waals surface area contributed by atoms with E-state index < -0.39 is 17.4 Å². The Morgan fingerprint density at radius 2 is 1.47 bits per heavy atom. The molecule has 0 aromatic rings. The van der Waals surface area contributed by atoms with E-state index in [1.807, 2.05) is 0 Å². The Kier molecular flexibility index (Phi) is 5.25. The fourth-order valence-electron chi connectivity index (χ4n) is 1.32. The Hall–Kier alpha value is -0.980. The van der Waals surface area contributed by atoms with Crippen molar-refractivity contribution in [1.82, 2.24) is 5.06 Å². The molecular weight excluding hydrogens is 226 g/mol. The Balaban J connectivity index is 4.57. The maximum atomic E-state index is 11.4. The molecule has 0 radical (unpaired) electrons. The molecule has 0 fully saturated rings. The highest BCUT2D eigenvalue weighted by molar-refractivity contribution is 5.80. The van der Waals surface area contributed by atoms with Crippen LogP contribution in [0.15, 0.2) is 0 Å². The van der Waals surface area contributed by atoms with E-state index in [2.05, 4.69) is 0 Å². The average Bonchev–Trinajstić information content (AvgIpc) is 2.07. The topological polar surface area (TPSA) is 87.1 Å². The largest absolute Gasteiger partial charge is 0.373 e. The van der Waals surface area contributed by atoms with Crippen LogP contribution in [0.2, 0.25) is 0 Å². The normalized spacial score (nSPS) is 12.7. The third-order valence-corrected chi connectivity index (χ3v) is 1.87. The Bertz CT molecular complexity index is 273. The van der Waals surface area contributed by atoms with Gasteiger partial charge in [-0.25, -0.2) is 0 Å². The van der Waals surface area contributed by atoms with Crippen LogP contribution in [0, 0.1) is 0 Å². The quantitative estimate of drug-likeness (QED) is 0.527. The lowest BCUT2D eigenvalue weighted by Gasteiger charge is -2.39. The molecule has 0 aliphatic heterocycles. The second-order valence-corrected chi connectivity index (χ2v) is 4.95. The van der Waals surface area contributed by atoms with Gasteiger partial charge in [-0.05, 0) is 34.6 Å². The van der Waals surface area contributed by atoms with Gasteiger partial charge < -0.3 is 19.8 Å². The average molecular weight is 247 g/mol. The number of hydrogen-bond donors (Lipinski definition) is 2. The molecule has 2 N–H and O–H groups in total. The van der Waals surface area contributed by atoms with Crippen molar-refractivity contribution < 1.29 is 24.6 Å². The van der Waals surface area contributed by atoms with Crippen LogP contribution in [0.25, 0.3) is 0 Å². The van der Waals surface area contributed by atoms with Crippen LogP contribution >= 0.6 is 0 Å². The van der Waals surface area contributed by atoms with Gasteiger partial charge in [-0.3, -0.25) is 4.79 Å². The molecule has 0 unspecified atom stereocenters. The molecule has 0 aromatic heterocycles. The third-order valence-electron chi connectivity index (χ3n) is 1.87.